The fourth-order valence-electron chi connectivity index (χ4n) is 2.67. The van der Waals surface area contributed by atoms with Crippen LogP contribution in [0.4, 0.5) is 5.69 Å². The number of rotatable bonds is 4. The summed E-state index contributed by atoms with van der Waals surface area (Å²) >= 11 is 0. The van der Waals surface area contributed by atoms with Gasteiger partial charge in [0.25, 0.3) is 0 Å². The number of nitrogens with one attached hydrogen (secondary N) is 1. The van der Waals surface area contributed by atoms with Gasteiger partial charge in [0.1, 0.15) is 6.61 Å². The van der Waals surface area contributed by atoms with Gasteiger partial charge in [-0.2, -0.15) is 0 Å². The number of hydrogen-bond acceptors (Lipinski definition) is 4. The van der Waals surface area contributed by atoms with Crippen molar-refractivity contribution in [2.24, 2.45) is 0 Å². The number of nitrogens with zero attached hydrogens (tertiary/aromatic N) is 2. The number of methoxy groups -OCH3 is 1. The normalized spacial score (nSPS) is 10.8. The number of amides is 1. The first-order valence-electron chi connectivity index (χ1n) is 7.69. The fraction of sp³-hybridized carbons (Fsp3) is 0.211. The second-order valence-electron chi connectivity index (χ2n) is 5.73. The van der Waals surface area contributed by atoms with Crippen LogP contribution in [0.15, 0.2) is 42.7 Å². The van der Waals surface area contributed by atoms with Crippen LogP contribution < -0.4 is 5.32 Å². The fourth-order valence-corrected chi connectivity index (χ4v) is 2.67. The van der Waals surface area contributed by atoms with Crippen molar-refractivity contribution >= 4 is 22.5 Å². The van der Waals surface area contributed by atoms with E-state index in [0.717, 1.165) is 39.0 Å². The highest BCUT2D eigenvalue weighted by atomic mass is 16.5. The molecule has 3 aromatic rings. The van der Waals surface area contributed by atoms with Crippen molar-refractivity contribution in [2.75, 3.05) is 19.0 Å². The Morgan fingerprint density at radius 1 is 1.12 bits per heavy atom. The lowest BCUT2D eigenvalue weighted by Crippen LogP contribution is -2.17. The van der Waals surface area contributed by atoms with Crippen molar-refractivity contribution < 1.29 is 9.53 Å². The van der Waals surface area contributed by atoms with E-state index in [1.807, 2.05) is 44.2 Å². The quantitative estimate of drug-likeness (QED) is 0.799. The average Bonchev–Trinajstić information content (AvgIpc) is 2.57. The third-order valence-electron chi connectivity index (χ3n) is 3.89. The standard InChI is InChI=1S/C19H19N3O2/c1-12-8-17(14-4-6-20-7-5-14)21-18-9-13(2)16(10-15(12)18)22-19(23)11-24-3/h4-10H,11H2,1-3H3,(H,22,23). The summed E-state index contributed by atoms with van der Waals surface area (Å²) < 4.78 is 4.86. The van der Waals surface area contributed by atoms with Crippen molar-refractivity contribution in [3.63, 3.8) is 0 Å². The molecule has 122 valence electrons. The molecule has 5 nitrogen and oxygen atoms in total. The van der Waals surface area contributed by atoms with E-state index < -0.39 is 0 Å². The zero-order valence-corrected chi connectivity index (χ0v) is 14.0. The Kier molecular flexibility index (Phi) is 4.53. The molecule has 0 saturated heterocycles. The Morgan fingerprint density at radius 2 is 1.88 bits per heavy atom. The van der Waals surface area contributed by atoms with E-state index in [9.17, 15) is 4.79 Å². The molecule has 24 heavy (non-hydrogen) atoms. The Morgan fingerprint density at radius 3 is 2.58 bits per heavy atom. The van der Waals surface area contributed by atoms with Gasteiger partial charge in [-0.1, -0.05) is 0 Å². The summed E-state index contributed by atoms with van der Waals surface area (Å²) in [5.74, 6) is -0.168. The predicted molar refractivity (Wildman–Crippen MR) is 95.0 cm³/mol. The molecule has 0 atom stereocenters. The van der Waals surface area contributed by atoms with Gasteiger partial charge in [0.15, 0.2) is 0 Å². The molecule has 1 aromatic carbocycles. The molecule has 5 heteroatoms. The van der Waals surface area contributed by atoms with Crippen molar-refractivity contribution in [2.45, 2.75) is 13.8 Å². The van der Waals surface area contributed by atoms with E-state index in [2.05, 4.69) is 10.3 Å². The predicted octanol–water partition coefficient (Wildman–Crippen LogP) is 3.50. The van der Waals surface area contributed by atoms with E-state index in [0.29, 0.717) is 0 Å². The zero-order chi connectivity index (χ0) is 17.1. The summed E-state index contributed by atoms with van der Waals surface area (Å²) in [7, 11) is 1.50. The number of carbonyl (C=O) groups excluding carboxylic acids is 1. The molecular weight excluding hydrogens is 302 g/mol. The highest BCUT2D eigenvalue weighted by Gasteiger charge is 2.10. The van der Waals surface area contributed by atoms with Gasteiger partial charge >= 0.3 is 0 Å². The van der Waals surface area contributed by atoms with Crippen LogP contribution in [-0.4, -0.2) is 29.6 Å². The minimum Gasteiger partial charge on any atom is -0.375 e. The molecular formula is C19H19N3O2. The van der Waals surface area contributed by atoms with Crippen LogP contribution in [0, 0.1) is 13.8 Å². The Labute approximate surface area is 140 Å². The van der Waals surface area contributed by atoms with Crippen molar-refractivity contribution in [1.82, 2.24) is 9.97 Å². The average molecular weight is 321 g/mol. The van der Waals surface area contributed by atoms with Gasteiger partial charge < -0.3 is 10.1 Å². The third kappa shape index (κ3) is 3.26. The Bertz CT molecular complexity index is 892. The maximum Gasteiger partial charge on any atom is 0.250 e. The second-order valence-corrected chi connectivity index (χ2v) is 5.73. The van der Waals surface area contributed by atoms with Crippen molar-refractivity contribution in [3.8, 4) is 11.3 Å². The van der Waals surface area contributed by atoms with Crippen molar-refractivity contribution in [3.05, 3.63) is 53.9 Å². The lowest BCUT2D eigenvalue weighted by Gasteiger charge is -2.12. The van der Waals surface area contributed by atoms with Gasteiger partial charge in [-0.15, -0.1) is 0 Å². The van der Waals surface area contributed by atoms with E-state index in [4.69, 9.17) is 9.72 Å². The number of anilines is 1. The molecule has 2 aromatic heterocycles. The number of pyridine rings is 2. The summed E-state index contributed by atoms with van der Waals surface area (Å²) in [6, 6.07) is 9.90. The van der Waals surface area contributed by atoms with Crippen LogP contribution in [0.1, 0.15) is 11.1 Å². The number of ether oxygens (including phenoxy) is 1. The number of carbonyl (C=O) groups is 1. The smallest absolute Gasteiger partial charge is 0.250 e. The van der Waals surface area contributed by atoms with Gasteiger partial charge in [-0.3, -0.25) is 9.78 Å². The zero-order valence-electron chi connectivity index (χ0n) is 14.0. The monoisotopic (exact) mass is 321 g/mol. The highest BCUT2D eigenvalue weighted by molar-refractivity contribution is 5.96. The molecule has 0 bridgehead atoms. The van der Waals surface area contributed by atoms with Gasteiger partial charge in [-0.05, 0) is 55.3 Å². The van der Waals surface area contributed by atoms with E-state index >= 15 is 0 Å². The molecule has 3 rings (SSSR count). The van der Waals surface area contributed by atoms with E-state index in [1.165, 1.54) is 7.11 Å². The number of aryl methyl sites for hydroxylation is 2. The van der Waals surface area contributed by atoms with Crippen LogP contribution in [0.25, 0.3) is 22.2 Å². The molecule has 0 spiro atoms. The van der Waals surface area contributed by atoms with Crippen LogP contribution in [0.3, 0.4) is 0 Å². The maximum absolute atomic E-state index is 11.8. The van der Waals surface area contributed by atoms with Crippen LogP contribution in [0.2, 0.25) is 0 Å². The van der Waals surface area contributed by atoms with Crippen molar-refractivity contribution in [1.29, 1.82) is 0 Å². The lowest BCUT2D eigenvalue weighted by molar-refractivity contribution is -0.119. The molecule has 0 fully saturated rings. The Balaban J connectivity index is 2.05. The summed E-state index contributed by atoms with van der Waals surface area (Å²) in [5, 5.41) is 3.90. The first-order valence-corrected chi connectivity index (χ1v) is 7.69. The number of aromatic nitrogens is 2. The summed E-state index contributed by atoms with van der Waals surface area (Å²) in [5.41, 5.74) is 5.71. The summed E-state index contributed by atoms with van der Waals surface area (Å²) in [4.78, 5) is 20.6. The van der Waals surface area contributed by atoms with E-state index in [-0.39, 0.29) is 12.5 Å². The number of hydrogen-bond donors (Lipinski definition) is 1. The van der Waals surface area contributed by atoms with E-state index in [1.54, 1.807) is 12.4 Å². The van der Waals surface area contributed by atoms with Gasteiger partial charge in [-0.25, -0.2) is 4.98 Å². The minimum absolute atomic E-state index is 0.0374. The first-order chi connectivity index (χ1) is 11.6. The molecule has 0 saturated carbocycles. The second kappa shape index (κ2) is 6.76. The summed E-state index contributed by atoms with van der Waals surface area (Å²) in [6.45, 7) is 4.04. The van der Waals surface area contributed by atoms with Crippen LogP contribution in [-0.2, 0) is 9.53 Å². The molecule has 2 heterocycles. The first kappa shape index (κ1) is 16.1. The molecule has 0 aliphatic carbocycles. The minimum atomic E-state index is -0.168. The lowest BCUT2D eigenvalue weighted by atomic mass is 10.0. The molecule has 0 unspecified atom stereocenters. The number of fused-ring (bicyclic) bond motifs is 1. The molecule has 1 N–H and O–H groups in total. The van der Waals surface area contributed by atoms with Gasteiger partial charge in [0, 0.05) is 36.1 Å². The molecule has 0 radical (unpaired) electrons. The van der Waals surface area contributed by atoms with Crippen LogP contribution in [0.5, 0.6) is 0 Å². The topological polar surface area (TPSA) is 64.1 Å². The van der Waals surface area contributed by atoms with Crippen LogP contribution >= 0.6 is 0 Å². The maximum atomic E-state index is 11.8. The molecule has 1 amide bonds. The Hall–Kier alpha value is -2.79. The highest BCUT2D eigenvalue weighted by Crippen LogP contribution is 2.28. The SMILES string of the molecule is COCC(=O)Nc1cc2c(C)cc(-c3ccncc3)nc2cc1C. The number of benzene rings is 1. The molecule has 0 aliphatic rings. The third-order valence-corrected chi connectivity index (χ3v) is 3.89. The molecule has 0 aliphatic heterocycles. The van der Waals surface area contributed by atoms with Gasteiger partial charge in [0.05, 0.1) is 11.2 Å². The van der Waals surface area contributed by atoms with Gasteiger partial charge in [0.2, 0.25) is 5.91 Å². The summed E-state index contributed by atoms with van der Waals surface area (Å²) in [6.07, 6.45) is 3.52. The largest absolute Gasteiger partial charge is 0.375 e.